The summed E-state index contributed by atoms with van der Waals surface area (Å²) >= 11 is 0. The molecule has 3 heterocycles. The standard InChI is InChI=1S/C22H23N3O6/c1-25-6-5-12-8-17-20(31-11-30-17)21(28-2)19(12)15(25)9-23-22(27)13-3-4-16-14(7-13)24-18(26)10-29-16/h3-4,7-8,15H,5-6,9-11H2,1-2H3,(H,23,27)(H,24,26)/t15-/m0/s1. The molecule has 0 aromatic heterocycles. The Morgan fingerprint density at radius 2 is 2.13 bits per heavy atom. The van der Waals surface area contributed by atoms with Crippen molar-refractivity contribution >= 4 is 17.5 Å². The van der Waals surface area contributed by atoms with E-state index in [-0.39, 0.29) is 31.3 Å². The van der Waals surface area contributed by atoms with Crippen molar-refractivity contribution in [3.63, 3.8) is 0 Å². The summed E-state index contributed by atoms with van der Waals surface area (Å²) < 4.78 is 22.2. The first-order chi connectivity index (χ1) is 15.0. The molecule has 0 bridgehead atoms. The zero-order valence-corrected chi connectivity index (χ0v) is 17.3. The SMILES string of the molecule is COc1c2c(cc3c1[C@H](CNC(=O)c1ccc4c(c1)NC(=O)CO4)N(C)CC3)OCO2. The number of carbonyl (C=O) groups is 2. The quantitative estimate of drug-likeness (QED) is 0.770. The average Bonchev–Trinajstić information content (AvgIpc) is 3.24. The zero-order valence-electron chi connectivity index (χ0n) is 17.3. The molecular formula is C22H23N3O6. The second-order valence-corrected chi connectivity index (χ2v) is 7.72. The van der Waals surface area contributed by atoms with Crippen LogP contribution in [0.3, 0.4) is 0 Å². The molecular weight excluding hydrogens is 402 g/mol. The molecule has 0 fully saturated rings. The third-order valence-electron chi connectivity index (χ3n) is 5.88. The van der Waals surface area contributed by atoms with Crippen LogP contribution < -0.4 is 29.6 Å². The molecule has 1 atom stereocenters. The highest BCUT2D eigenvalue weighted by Crippen LogP contribution is 2.49. The van der Waals surface area contributed by atoms with Gasteiger partial charge in [-0.1, -0.05) is 0 Å². The van der Waals surface area contributed by atoms with E-state index in [9.17, 15) is 9.59 Å². The van der Waals surface area contributed by atoms with E-state index in [4.69, 9.17) is 18.9 Å². The second-order valence-electron chi connectivity index (χ2n) is 7.72. The van der Waals surface area contributed by atoms with E-state index >= 15 is 0 Å². The molecule has 162 valence electrons. The van der Waals surface area contributed by atoms with Gasteiger partial charge in [0.15, 0.2) is 18.1 Å². The van der Waals surface area contributed by atoms with Gasteiger partial charge in [-0.15, -0.1) is 0 Å². The van der Waals surface area contributed by atoms with Crippen LogP contribution in [-0.2, 0) is 11.2 Å². The van der Waals surface area contributed by atoms with Gasteiger partial charge in [-0.05, 0) is 43.3 Å². The zero-order chi connectivity index (χ0) is 21.5. The second kappa shape index (κ2) is 7.66. The van der Waals surface area contributed by atoms with Crippen LogP contribution >= 0.6 is 0 Å². The Bertz CT molecular complexity index is 1070. The van der Waals surface area contributed by atoms with Crippen LogP contribution in [-0.4, -0.2) is 57.4 Å². The average molecular weight is 425 g/mol. The van der Waals surface area contributed by atoms with Crippen LogP contribution in [0.1, 0.15) is 27.5 Å². The fourth-order valence-corrected chi connectivity index (χ4v) is 4.30. The van der Waals surface area contributed by atoms with Crippen molar-refractivity contribution in [1.29, 1.82) is 0 Å². The number of ether oxygens (including phenoxy) is 4. The lowest BCUT2D eigenvalue weighted by Crippen LogP contribution is -2.40. The third-order valence-corrected chi connectivity index (χ3v) is 5.88. The monoisotopic (exact) mass is 425 g/mol. The molecule has 0 aliphatic carbocycles. The van der Waals surface area contributed by atoms with Gasteiger partial charge < -0.3 is 29.6 Å². The molecule has 3 aliphatic rings. The lowest BCUT2D eigenvalue weighted by atomic mass is 9.91. The van der Waals surface area contributed by atoms with Crippen LogP contribution in [0.5, 0.6) is 23.0 Å². The van der Waals surface area contributed by atoms with Crippen LogP contribution in [0.2, 0.25) is 0 Å². The molecule has 5 rings (SSSR count). The summed E-state index contributed by atoms with van der Waals surface area (Å²) in [6.45, 7) is 1.38. The summed E-state index contributed by atoms with van der Waals surface area (Å²) in [5, 5.41) is 5.74. The minimum Gasteiger partial charge on any atom is -0.492 e. The Kier molecular flexibility index (Phi) is 4.82. The molecule has 9 nitrogen and oxygen atoms in total. The maximum atomic E-state index is 12.9. The fraction of sp³-hybridized carbons (Fsp3) is 0.364. The van der Waals surface area contributed by atoms with Crippen LogP contribution in [0.4, 0.5) is 5.69 Å². The minimum atomic E-state index is -0.240. The number of hydrogen-bond acceptors (Lipinski definition) is 7. The Morgan fingerprint density at radius 3 is 2.97 bits per heavy atom. The smallest absolute Gasteiger partial charge is 0.262 e. The fourth-order valence-electron chi connectivity index (χ4n) is 4.30. The summed E-state index contributed by atoms with van der Waals surface area (Å²) in [6, 6.07) is 6.92. The molecule has 0 saturated carbocycles. The molecule has 31 heavy (non-hydrogen) atoms. The Hall–Kier alpha value is -3.46. The molecule has 0 saturated heterocycles. The minimum absolute atomic E-state index is 0.0216. The molecule has 2 amide bonds. The maximum Gasteiger partial charge on any atom is 0.262 e. The van der Waals surface area contributed by atoms with E-state index in [2.05, 4.69) is 15.5 Å². The highest BCUT2D eigenvalue weighted by atomic mass is 16.7. The summed E-state index contributed by atoms with van der Waals surface area (Å²) in [5.41, 5.74) is 3.08. The number of methoxy groups -OCH3 is 1. The number of rotatable bonds is 4. The summed E-state index contributed by atoms with van der Waals surface area (Å²) in [7, 11) is 3.64. The number of amides is 2. The number of nitrogens with one attached hydrogen (secondary N) is 2. The molecule has 3 aliphatic heterocycles. The molecule has 0 spiro atoms. The first kappa shape index (κ1) is 19.5. The van der Waals surface area contributed by atoms with Gasteiger partial charge in [-0.2, -0.15) is 0 Å². The van der Waals surface area contributed by atoms with E-state index in [0.29, 0.717) is 40.8 Å². The number of carbonyl (C=O) groups excluding carboxylic acids is 2. The number of fused-ring (bicyclic) bond motifs is 3. The van der Waals surface area contributed by atoms with E-state index in [0.717, 1.165) is 24.1 Å². The summed E-state index contributed by atoms with van der Waals surface area (Å²) in [4.78, 5) is 26.6. The van der Waals surface area contributed by atoms with Crippen molar-refractivity contribution in [2.45, 2.75) is 12.5 Å². The van der Waals surface area contributed by atoms with Crippen LogP contribution in [0, 0.1) is 0 Å². The molecule has 2 aromatic carbocycles. The van der Waals surface area contributed by atoms with Crippen molar-refractivity contribution in [2.75, 3.05) is 46.0 Å². The summed E-state index contributed by atoms with van der Waals surface area (Å²) in [5.74, 6) is 2.04. The molecule has 2 aromatic rings. The van der Waals surface area contributed by atoms with Gasteiger partial charge in [0.25, 0.3) is 11.8 Å². The van der Waals surface area contributed by atoms with E-state index in [1.165, 1.54) is 0 Å². The molecule has 0 unspecified atom stereocenters. The first-order valence-electron chi connectivity index (χ1n) is 10.1. The highest BCUT2D eigenvalue weighted by molar-refractivity contribution is 5.99. The van der Waals surface area contributed by atoms with Gasteiger partial charge in [0.1, 0.15) is 5.75 Å². The number of hydrogen-bond donors (Lipinski definition) is 2. The van der Waals surface area contributed by atoms with Crippen molar-refractivity contribution in [1.82, 2.24) is 10.2 Å². The Balaban J connectivity index is 1.38. The van der Waals surface area contributed by atoms with Gasteiger partial charge in [-0.25, -0.2) is 0 Å². The number of anilines is 1. The van der Waals surface area contributed by atoms with E-state index in [1.54, 1.807) is 25.3 Å². The van der Waals surface area contributed by atoms with Gasteiger partial charge in [0.2, 0.25) is 12.5 Å². The Labute approximate surface area is 179 Å². The van der Waals surface area contributed by atoms with E-state index in [1.807, 2.05) is 13.1 Å². The number of likely N-dealkylation sites (N-methyl/N-ethyl adjacent to an activating group) is 1. The predicted octanol–water partition coefficient (Wildman–Crippen LogP) is 1.71. The number of benzene rings is 2. The Morgan fingerprint density at radius 1 is 1.26 bits per heavy atom. The van der Waals surface area contributed by atoms with Gasteiger partial charge in [-0.3, -0.25) is 14.5 Å². The maximum absolute atomic E-state index is 12.9. The highest BCUT2D eigenvalue weighted by Gasteiger charge is 2.34. The lowest BCUT2D eigenvalue weighted by Gasteiger charge is -2.36. The normalized spacial score (nSPS) is 19.0. The summed E-state index contributed by atoms with van der Waals surface area (Å²) in [6.07, 6.45) is 0.855. The third kappa shape index (κ3) is 3.40. The van der Waals surface area contributed by atoms with Crippen molar-refractivity contribution in [2.24, 2.45) is 0 Å². The van der Waals surface area contributed by atoms with Crippen LogP contribution in [0.15, 0.2) is 24.3 Å². The van der Waals surface area contributed by atoms with Crippen molar-refractivity contribution in [3.8, 4) is 23.0 Å². The molecule has 9 heteroatoms. The van der Waals surface area contributed by atoms with Crippen molar-refractivity contribution in [3.05, 3.63) is 41.0 Å². The lowest BCUT2D eigenvalue weighted by molar-refractivity contribution is -0.118. The van der Waals surface area contributed by atoms with E-state index < -0.39 is 0 Å². The van der Waals surface area contributed by atoms with Gasteiger partial charge in [0.05, 0.1) is 18.8 Å². The largest absolute Gasteiger partial charge is 0.492 e. The molecule has 2 N–H and O–H groups in total. The van der Waals surface area contributed by atoms with Crippen LogP contribution in [0.25, 0.3) is 0 Å². The predicted molar refractivity (Wildman–Crippen MR) is 111 cm³/mol. The van der Waals surface area contributed by atoms with Crippen molar-refractivity contribution < 1.29 is 28.5 Å². The first-order valence-corrected chi connectivity index (χ1v) is 10.1. The van der Waals surface area contributed by atoms with Gasteiger partial charge >= 0.3 is 0 Å². The topological polar surface area (TPSA) is 98.4 Å². The molecule has 0 radical (unpaired) electrons. The van der Waals surface area contributed by atoms with Gasteiger partial charge in [0, 0.05) is 24.2 Å². The number of nitrogens with zero attached hydrogens (tertiary/aromatic N) is 1.